The molecule has 0 radical (unpaired) electrons. The van der Waals surface area contributed by atoms with Gasteiger partial charge in [0.1, 0.15) is 5.75 Å². The Morgan fingerprint density at radius 1 is 1.24 bits per heavy atom. The summed E-state index contributed by atoms with van der Waals surface area (Å²) in [7, 11) is 0. The molecule has 0 amide bonds. The number of anilines is 1. The smallest absolute Gasteiger partial charge is 0.240 e. The van der Waals surface area contributed by atoms with Crippen LogP contribution in [0.25, 0.3) is 0 Å². The third kappa shape index (κ3) is 4.36. The van der Waals surface area contributed by atoms with Crippen molar-refractivity contribution in [1.82, 2.24) is 4.98 Å². The number of ether oxygens (including phenoxy) is 2. The van der Waals surface area contributed by atoms with E-state index in [9.17, 15) is 0 Å². The molecule has 2 rings (SSSR count). The molecule has 112 valence electrons. The van der Waals surface area contributed by atoms with Crippen LogP contribution in [0.3, 0.4) is 0 Å². The van der Waals surface area contributed by atoms with Crippen molar-refractivity contribution in [3.63, 3.8) is 0 Å². The Morgan fingerprint density at radius 3 is 2.67 bits per heavy atom. The summed E-state index contributed by atoms with van der Waals surface area (Å²) in [6, 6.07) is 9.33. The van der Waals surface area contributed by atoms with E-state index in [1.54, 1.807) is 12.1 Å². The first-order chi connectivity index (χ1) is 9.95. The van der Waals surface area contributed by atoms with E-state index in [2.05, 4.69) is 34.8 Å². The number of nitrogen functional groups attached to an aromatic ring is 1. The highest BCUT2D eigenvalue weighted by atomic mass is 79.9. The molecule has 2 N–H and O–H groups in total. The minimum atomic E-state index is 0.405. The molecule has 0 bridgehead atoms. The van der Waals surface area contributed by atoms with Crippen LogP contribution in [0.15, 0.2) is 34.8 Å². The molecule has 0 aliphatic rings. The van der Waals surface area contributed by atoms with Crippen molar-refractivity contribution >= 4 is 21.6 Å². The van der Waals surface area contributed by atoms with Gasteiger partial charge in [0.05, 0.1) is 16.8 Å². The lowest BCUT2D eigenvalue weighted by molar-refractivity contribution is 0.260. The van der Waals surface area contributed by atoms with Crippen LogP contribution < -0.4 is 15.2 Å². The zero-order chi connectivity index (χ0) is 15.4. The lowest BCUT2D eigenvalue weighted by Crippen LogP contribution is -2.07. The number of rotatable bonds is 5. The molecule has 4 nitrogen and oxygen atoms in total. The molecule has 0 saturated carbocycles. The Morgan fingerprint density at radius 2 is 2.00 bits per heavy atom. The SMILES string of the molecule is Cc1ccc(Oc2ccc(N)c(OCC(C)C)n2)c(Br)c1. The Bertz CT molecular complexity index is 630. The third-order valence-electron chi connectivity index (χ3n) is 2.72. The number of pyridine rings is 1. The molecule has 2 aromatic rings. The van der Waals surface area contributed by atoms with Crippen LogP contribution in [0.4, 0.5) is 5.69 Å². The zero-order valence-electron chi connectivity index (χ0n) is 12.4. The fourth-order valence-corrected chi connectivity index (χ4v) is 2.23. The van der Waals surface area contributed by atoms with Crippen LogP contribution in [0, 0.1) is 12.8 Å². The summed E-state index contributed by atoms with van der Waals surface area (Å²) in [5, 5.41) is 0. The van der Waals surface area contributed by atoms with Gasteiger partial charge in [0, 0.05) is 6.07 Å². The molecule has 0 aliphatic heterocycles. The molecule has 21 heavy (non-hydrogen) atoms. The van der Waals surface area contributed by atoms with Crippen molar-refractivity contribution < 1.29 is 9.47 Å². The quantitative estimate of drug-likeness (QED) is 0.858. The minimum absolute atomic E-state index is 0.405. The molecule has 1 heterocycles. The minimum Gasteiger partial charge on any atom is -0.476 e. The average molecular weight is 351 g/mol. The molecule has 0 saturated heterocycles. The van der Waals surface area contributed by atoms with E-state index in [0.29, 0.717) is 35.7 Å². The van der Waals surface area contributed by atoms with E-state index in [1.165, 1.54) is 0 Å². The molecule has 0 fully saturated rings. The average Bonchev–Trinajstić information content (AvgIpc) is 2.42. The molecule has 5 heteroatoms. The van der Waals surface area contributed by atoms with Crippen LogP contribution in [0.1, 0.15) is 19.4 Å². The van der Waals surface area contributed by atoms with Crippen molar-refractivity contribution in [1.29, 1.82) is 0 Å². The first kappa shape index (κ1) is 15.6. The lowest BCUT2D eigenvalue weighted by atomic mass is 10.2. The van der Waals surface area contributed by atoms with Gasteiger partial charge in [-0.25, -0.2) is 0 Å². The normalized spacial score (nSPS) is 10.7. The number of nitrogens with two attached hydrogens (primary N) is 1. The number of nitrogens with zero attached hydrogens (tertiary/aromatic N) is 1. The van der Waals surface area contributed by atoms with Gasteiger partial charge < -0.3 is 15.2 Å². The van der Waals surface area contributed by atoms with E-state index < -0.39 is 0 Å². The Hall–Kier alpha value is -1.75. The second-order valence-electron chi connectivity index (χ2n) is 5.28. The van der Waals surface area contributed by atoms with Gasteiger partial charge in [0.2, 0.25) is 11.8 Å². The fourth-order valence-electron chi connectivity index (χ4n) is 1.65. The van der Waals surface area contributed by atoms with E-state index >= 15 is 0 Å². The van der Waals surface area contributed by atoms with Crippen molar-refractivity contribution in [2.45, 2.75) is 20.8 Å². The Labute approximate surface area is 133 Å². The van der Waals surface area contributed by atoms with E-state index in [0.717, 1.165) is 10.0 Å². The maximum atomic E-state index is 5.87. The first-order valence-electron chi connectivity index (χ1n) is 6.79. The van der Waals surface area contributed by atoms with Crippen LogP contribution in [-0.4, -0.2) is 11.6 Å². The largest absolute Gasteiger partial charge is 0.476 e. The number of benzene rings is 1. The monoisotopic (exact) mass is 350 g/mol. The predicted molar refractivity (Wildman–Crippen MR) is 87.9 cm³/mol. The highest BCUT2D eigenvalue weighted by molar-refractivity contribution is 9.10. The third-order valence-corrected chi connectivity index (χ3v) is 3.34. The molecule has 0 aliphatic carbocycles. The zero-order valence-corrected chi connectivity index (χ0v) is 14.0. The number of hydrogen-bond donors (Lipinski definition) is 1. The van der Waals surface area contributed by atoms with Crippen LogP contribution >= 0.6 is 15.9 Å². The predicted octanol–water partition coefficient (Wildman–Crippen LogP) is 4.56. The topological polar surface area (TPSA) is 57.4 Å². The molecular weight excluding hydrogens is 332 g/mol. The summed E-state index contributed by atoms with van der Waals surface area (Å²) in [5.74, 6) is 1.96. The number of halogens is 1. The fraction of sp³-hybridized carbons (Fsp3) is 0.312. The molecule has 1 aromatic carbocycles. The van der Waals surface area contributed by atoms with Gasteiger partial charge in [-0.05, 0) is 52.5 Å². The van der Waals surface area contributed by atoms with Crippen molar-refractivity contribution in [3.05, 3.63) is 40.4 Å². The van der Waals surface area contributed by atoms with Gasteiger partial charge in [0.15, 0.2) is 0 Å². The standard InChI is InChI=1S/C16H19BrN2O2/c1-10(2)9-20-16-13(18)5-7-15(19-16)21-14-6-4-11(3)8-12(14)17/h4-8,10H,9,18H2,1-3H3. The van der Waals surface area contributed by atoms with Crippen LogP contribution in [0.5, 0.6) is 17.5 Å². The summed E-state index contributed by atoms with van der Waals surface area (Å²) < 4.78 is 12.3. The summed E-state index contributed by atoms with van der Waals surface area (Å²) in [4.78, 5) is 4.31. The molecular formula is C16H19BrN2O2. The Balaban J connectivity index is 2.18. The molecule has 0 unspecified atom stereocenters. The second kappa shape index (κ2) is 6.80. The van der Waals surface area contributed by atoms with Gasteiger partial charge in [-0.2, -0.15) is 4.98 Å². The van der Waals surface area contributed by atoms with Gasteiger partial charge in [0.25, 0.3) is 0 Å². The lowest BCUT2D eigenvalue weighted by Gasteiger charge is -2.12. The summed E-state index contributed by atoms with van der Waals surface area (Å²) in [6.45, 7) is 6.72. The van der Waals surface area contributed by atoms with E-state index in [1.807, 2.05) is 25.1 Å². The molecule has 0 spiro atoms. The maximum Gasteiger partial charge on any atom is 0.240 e. The summed E-state index contributed by atoms with van der Waals surface area (Å²) in [5.41, 5.74) is 7.53. The maximum absolute atomic E-state index is 5.87. The highest BCUT2D eigenvalue weighted by Crippen LogP contribution is 2.31. The first-order valence-corrected chi connectivity index (χ1v) is 7.58. The summed E-state index contributed by atoms with van der Waals surface area (Å²) >= 11 is 3.48. The molecule has 0 atom stereocenters. The van der Waals surface area contributed by atoms with Crippen molar-refractivity contribution in [2.24, 2.45) is 5.92 Å². The van der Waals surface area contributed by atoms with E-state index in [4.69, 9.17) is 15.2 Å². The van der Waals surface area contributed by atoms with Gasteiger partial charge in [-0.1, -0.05) is 19.9 Å². The van der Waals surface area contributed by atoms with Gasteiger partial charge in [-0.3, -0.25) is 0 Å². The van der Waals surface area contributed by atoms with Crippen LogP contribution in [0.2, 0.25) is 0 Å². The van der Waals surface area contributed by atoms with Crippen LogP contribution in [-0.2, 0) is 0 Å². The highest BCUT2D eigenvalue weighted by Gasteiger charge is 2.09. The van der Waals surface area contributed by atoms with Crippen molar-refractivity contribution in [2.75, 3.05) is 12.3 Å². The van der Waals surface area contributed by atoms with Gasteiger partial charge >= 0.3 is 0 Å². The Kier molecular flexibility index (Phi) is 5.07. The van der Waals surface area contributed by atoms with Gasteiger partial charge in [-0.15, -0.1) is 0 Å². The number of hydrogen-bond acceptors (Lipinski definition) is 4. The number of aryl methyl sites for hydroxylation is 1. The van der Waals surface area contributed by atoms with E-state index in [-0.39, 0.29) is 0 Å². The van der Waals surface area contributed by atoms with Crippen molar-refractivity contribution in [3.8, 4) is 17.5 Å². The molecule has 1 aromatic heterocycles. The second-order valence-corrected chi connectivity index (χ2v) is 6.14. The summed E-state index contributed by atoms with van der Waals surface area (Å²) in [6.07, 6.45) is 0. The number of aromatic nitrogens is 1.